The summed E-state index contributed by atoms with van der Waals surface area (Å²) >= 11 is 0. The van der Waals surface area contributed by atoms with Gasteiger partial charge in [-0.15, -0.1) is 0 Å². The summed E-state index contributed by atoms with van der Waals surface area (Å²) in [5.74, 6) is 3.04. The standard InChI is InChI=1S/C26H40O2/c1-17(2)6-5-7-24(28)23-11-10-21-20-9-8-18-16-19(27)12-14-25(18,3)22(20)13-15-26(21,23)4/h6,8,19-23,27H,5,7,9-16H2,1-4H3/t19-,20?,21?,22?,23?,25-,26-/m0/s1. The molecule has 4 rings (SSSR count). The van der Waals surface area contributed by atoms with Crippen molar-refractivity contribution in [2.24, 2.45) is 34.5 Å². The molecule has 4 aliphatic rings. The number of fused-ring (bicyclic) bond motifs is 5. The summed E-state index contributed by atoms with van der Waals surface area (Å²) in [7, 11) is 0. The number of aliphatic hydroxyl groups excluding tert-OH is 1. The van der Waals surface area contributed by atoms with Crippen molar-refractivity contribution < 1.29 is 9.90 Å². The number of carbonyl (C=O) groups is 1. The van der Waals surface area contributed by atoms with Gasteiger partial charge in [-0.05, 0) is 100 Å². The molecule has 0 amide bonds. The molecule has 4 unspecified atom stereocenters. The van der Waals surface area contributed by atoms with E-state index in [1.807, 2.05) is 0 Å². The number of carbonyl (C=O) groups excluding carboxylic acids is 1. The van der Waals surface area contributed by atoms with E-state index in [0.29, 0.717) is 17.1 Å². The number of hydrogen-bond donors (Lipinski definition) is 1. The molecule has 0 saturated heterocycles. The molecule has 7 atom stereocenters. The Bertz CT molecular complexity index is 685. The van der Waals surface area contributed by atoms with Gasteiger partial charge in [0.1, 0.15) is 5.78 Å². The summed E-state index contributed by atoms with van der Waals surface area (Å²) in [6.45, 7) is 9.18. The number of hydrogen-bond acceptors (Lipinski definition) is 2. The zero-order valence-electron chi connectivity index (χ0n) is 18.5. The fraction of sp³-hybridized carbons (Fsp3) is 0.808. The SMILES string of the molecule is CC(C)=CCCC(=O)C1CCC2C3CC=C4C[C@@H](O)CC[C@]4(C)C3CC[C@]12C. The first kappa shape index (κ1) is 20.4. The van der Waals surface area contributed by atoms with Crippen LogP contribution in [0.1, 0.15) is 91.9 Å². The highest BCUT2D eigenvalue weighted by atomic mass is 16.3. The van der Waals surface area contributed by atoms with Crippen molar-refractivity contribution in [3.63, 3.8) is 0 Å². The molecule has 0 spiro atoms. The Labute approximate surface area is 171 Å². The van der Waals surface area contributed by atoms with Gasteiger partial charge in [0.2, 0.25) is 0 Å². The Morgan fingerprint density at radius 3 is 2.68 bits per heavy atom. The van der Waals surface area contributed by atoms with Crippen LogP contribution in [-0.4, -0.2) is 17.0 Å². The van der Waals surface area contributed by atoms with Crippen LogP contribution in [0.5, 0.6) is 0 Å². The summed E-state index contributed by atoms with van der Waals surface area (Å²) in [6.07, 6.45) is 15.3. The van der Waals surface area contributed by atoms with Gasteiger partial charge >= 0.3 is 0 Å². The second kappa shape index (κ2) is 7.42. The normalized spacial score (nSPS) is 44.8. The molecule has 1 N–H and O–H groups in total. The number of allylic oxidation sites excluding steroid dienone is 3. The van der Waals surface area contributed by atoms with Crippen molar-refractivity contribution in [1.82, 2.24) is 0 Å². The molecule has 3 fully saturated rings. The molecule has 0 radical (unpaired) electrons. The van der Waals surface area contributed by atoms with E-state index in [9.17, 15) is 9.90 Å². The van der Waals surface area contributed by atoms with Crippen LogP contribution in [0.2, 0.25) is 0 Å². The van der Waals surface area contributed by atoms with E-state index in [0.717, 1.165) is 50.4 Å². The molecule has 0 heterocycles. The molecule has 2 heteroatoms. The van der Waals surface area contributed by atoms with Crippen LogP contribution in [0.15, 0.2) is 23.3 Å². The first-order valence-corrected chi connectivity index (χ1v) is 11.8. The lowest BCUT2D eigenvalue weighted by molar-refractivity contribution is -0.129. The van der Waals surface area contributed by atoms with E-state index in [2.05, 4.69) is 39.8 Å². The predicted octanol–water partition coefficient (Wildman–Crippen LogP) is 6.24. The topological polar surface area (TPSA) is 37.3 Å². The van der Waals surface area contributed by atoms with E-state index in [1.165, 1.54) is 31.3 Å². The number of ketones is 1. The summed E-state index contributed by atoms with van der Waals surface area (Å²) in [5, 5.41) is 10.2. The zero-order chi connectivity index (χ0) is 20.1. The van der Waals surface area contributed by atoms with E-state index in [-0.39, 0.29) is 17.4 Å². The molecule has 3 saturated carbocycles. The van der Waals surface area contributed by atoms with Gasteiger partial charge in [-0.25, -0.2) is 0 Å². The van der Waals surface area contributed by atoms with Crippen LogP contribution in [0.3, 0.4) is 0 Å². The van der Waals surface area contributed by atoms with Gasteiger partial charge < -0.3 is 5.11 Å². The second-order valence-electron chi connectivity index (χ2n) is 11.1. The van der Waals surface area contributed by atoms with Crippen molar-refractivity contribution in [3.05, 3.63) is 23.3 Å². The maximum Gasteiger partial charge on any atom is 0.136 e. The monoisotopic (exact) mass is 384 g/mol. The van der Waals surface area contributed by atoms with Crippen LogP contribution in [0.4, 0.5) is 0 Å². The maximum absolute atomic E-state index is 13.1. The van der Waals surface area contributed by atoms with Gasteiger partial charge in [-0.3, -0.25) is 4.79 Å². The van der Waals surface area contributed by atoms with E-state index in [1.54, 1.807) is 5.57 Å². The minimum Gasteiger partial charge on any atom is -0.393 e. The zero-order valence-corrected chi connectivity index (χ0v) is 18.5. The Kier molecular flexibility index (Phi) is 5.40. The van der Waals surface area contributed by atoms with Crippen molar-refractivity contribution in [2.75, 3.05) is 0 Å². The average Bonchev–Trinajstić information content (AvgIpc) is 2.99. The van der Waals surface area contributed by atoms with Crippen LogP contribution < -0.4 is 0 Å². The second-order valence-corrected chi connectivity index (χ2v) is 11.1. The van der Waals surface area contributed by atoms with Gasteiger partial charge in [0.05, 0.1) is 6.10 Å². The molecule has 2 nitrogen and oxygen atoms in total. The fourth-order valence-corrected chi connectivity index (χ4v) is 7.85. The third-order valence-corrected chi connectivity index (χ3v) is 9.41. The minimum absolute atomic E-state index is 0.126. The third kappa shape index (κ3) is 3.24. The number of Topliss-reactive ketones (excluding diaryl/α,β-unsaturated/α-hetero) is 1. The third-order valence-electron chi connectivity index (χ3n) is 9.41. The van der Waals surface area contributed by atoms with Crippen molar-refractivity contribution >= 4 is 5.78 Å². The Morgan fingerprint density at radius 2 is 1.93 bits per heavy atom. The van der Waals surface area contributed by atoms with E-state index < -0.39 is 0 Å². The van der Waals surface area contributed by atoms with Crippen molar-refractivity contribution in [3.8, 4) is 0 Å². The van der Waals surface area contributed by atoms with Crippen LogP contribution >= 0.6 is 0 Å². The van der Waals surface area contributed by atoms with Gasteiger partial charge in [0, 0.05) is 12.3 Å². The van der Waals surface area contributed by atoms with E-state index in [4.69, 9.17) is 0 Å². The van der Waals surface area contributed by atoms with E-state index >= 15 is 0 Å². The molecule has 0 aromatic rings. The fourth-order valence-electron chi connectivity index (χ4n) is 7.85. The van der Waals surface area contributed by atoms with Crippen molar-refractivity contribution in [2.45, 2.75) is 98.0 Å². The average molecular weight is 385 g/mol. The van der Waals surface area contributed by atoms with Gasteiger partial charge in [0.15, 0.2) is 0 Å². The van der Waals surface area contributed by atoms with Crippen LogP contribution in [0, 0.1) is 34.5 Å². The smallest absolute Gasteiger partial charge is 0.136 e. The summed E-state index contributed by atoms with van der Waals surface area (Å²) in [6, 6.07) is 0. The van der Waals surface area contributed by atoms with Gasteiger partial charge in [-0.2, -0.15) is 0 Å². The Hall–Kier alpha value is -0.890. The van der Waals surface area contributed by atoms with Crippen LogP contribution in [-0.2, 0) is 4.79 Å². The highest BCUT2D eigenvalue weighted by Gasteiger charge is 2.59. The Balaban J connectivity index is 1.52. The highest BCUT2D eigenvalue weighted by molar-refractivity contribution is 5.82. The molecule has 0 aromatic carbocycles. The largest absolute Gasteiger partial charge is 0.393 e. The molecule has 0 bridgehead atoms. The molecule has 28 heavy (non-hydrogen) atoms. The first-order valence-electron chi connectivity index (χ1n) is 11.8. The highest BCUT2D eigenvalue weighted by Crippen LogP contribution is 2.66. The summed E-state index contributed by atoms with van der Waals surface area (Å²) in [4.78, 5) is 13.1. The molecular formula is C26H40O2. The van der Waals surface area contributed by atoms with Gasteiger partial charge in [0.25, 0.3) is 0 Å². The first-order chi connectivity index (χ1) is 13.3. The van der Waals surface area contributed by atoms with Crippen molar-refractivity contribution in [1.29, 1.82) is 0 Å². The number of aliphatic hydroxyl groups is 1. The number of rotatable bonds is 4. The minimum atomic E-state index is -0.126. The molecule has 4 aliphatic carbocycles. The maximum atomic E-state index is 13.1. The molecule has 0 aromatic heterocycles. The lowest BCUT2D eigenvalue weighted by atomic mass is 9.47. The lowest BCUT2D eigenvalue weighted by Gasteiger charge is -2.58. The summed E-state index contributed by atoms with van der Waals surface area (Å²) in [5.41, 5.74) is 3.39. The molecule has 156 valence electrons. The quantitative estimate of drug-likeness (QED) is 0.582. The Morgan fingerprint density at radius 1 is 1.14 bits per heavy atom. The van der Waals surface area contributed by atoms with Crippen LogP contribution in [0.25, 0.3) is 0 Å². The molecular weight excluding hydrogens is 344 g/mol. The van der Waals surface area contributed by atoms with Gasteiger partial charge in [-0.1, -0.05) is 37.1 Å². The molecule has 0 aliphatic heterocycles. The predicted molar refractivity (Wildman–Crippen MR) is 115 cm³/mol. The lowest BCUT2D eigenvalue weighted by Crippen LogP contribution is -2.51. The summed E-state index contributed by atoms with van der Waals surface area (Å²) < 4.78 is 0.